The number of hydrogen-bond acceptors (Lipinski definition) is 2. The molecule has 0 fully saturated rings. The fourth-order valence-corrected chi connectivity index (χ4v) is 1.82. The van der Waals surface area contributed by atoms with Gasteiger partial charge in [-0.3, -0.25) is 0 Å². The molecule has 0 aliphatic carbocycles. The molecule has 0 radical (unpaired) electrons. The van der Waals surface area contributed by atoms with Crippen LogP contribution in [-0.4, -0.2) is 5.11 Å². The minimum atomic E-state index is -4.36. The first-order valence-electron chi connectivity index (χ1n) is 5.60. The Kier molecular flexibility index (Phi) is 3.38. The summed E-state index contributed by atoms with van der Waals surface area (Å²) >= 11 is 0. The van der Waals surface area contributed by atoms with Crippen LogP contribution in [0.1, 0.15) is 16.7 Å². The van der Waals surface area contributed by atoms with Crippen molar-refractivity contribution in [2.75, 3.05) is 5.73 Å². The third-order valence-electron chi connectivity index (χ3n) is 2.78. The van der Waals surface area contributed by atoms with Gasteiger partial charge in [-0.05, 0) is 41.8 Å². The van der Waals surface area contributed by atoms with Crippen molar-refractivity contribution in [1.29, 1.82) is 0 Å². The molecule has 0 saturated heterocycles. The largest absolute Gasteiger partial charge is 0.508 e. The zero-order valence-electron chi connectivity index (χ0n) is 9.91. The van der Waals surface area contributed by atoms with Crippen LogP contribution in [0.25, 0.3) is 0 Å². The minimum absolute atomic E-state index is 0.0381. The van der Waals surface area contributed by atoms with Gasteiger partial charge in [0, 0.05) is 5.69 Å². The second kappa shape index (κ2) is 4.84. The number of rotatable bonds is 2. The summed E-state index contributed by atoms with van der Waals surface area (Å²) in [6.07, 6.45) is -4.12. The highest BCUT2D eigenvalue weighted by Gasteiger charge is 2.30. The molecular formula is C14H12F3NO. The molecule has 0 saturated carbocycles. The van der Waals surface area contributed by atoms with Gasteiger partial charge in [-0.1, -0.05) is 18.2 Å². The van der Waals surface area contributed by atoms with Crippen molar-refractivity contribution in [3.05, 3.63) is 59.2 Å². The van der Waals surface area contributed by atoms with Crippen LogP contribution >= 0.6 is 0 Å². The molecule has 2 nitrogen and oxygen atoms in total. The van der Waals surface area contributed by atoms with E-state index in [1.54, 1.807) is 6.07 Å². The van der Waals surface area contributed by atoms with Crippen LogP contribution in [0.5, 0.6) is 5.75 Å². The quantitative estimate of drug-likeness (QED) is 0.645. The summed E-state index contributed by atoms with van der Waals surface area (Å²) in [5.74, 6) is 0.0381. The van der Waals surface area contributed by atoms with Crippen molar-refractivity contribution in [2.45, 2.75) is 12.6 Å². The van der Waals surface area contributed by atoms with Crippen LogP contribution < -0.4 is 5.73 Å². The Labute approximate surface area is 108 Å². The molecule has 0 bridgehead atoms. The summed E-state index contributed by atoms with van der Waals surface area (Å²) in [7, 11) is 0. The van der Waals surface area contributed by atoms with Crippen molar-refractivity contribution in [3.63, 3.8) is 0 Å². The maximum atomic E-state index is 12.6. The van der Waals surface area contributed by atoms with Crippen LogP contribution in [-0.2, 0) is 12.6 Å². The van der Waals surface area contributed by atoms with Gasteiger partial charge in [0.15, 0.2) is 0 Å². The van der Waals surface area contributed by atoms with E-state index in [0.717, 1.165) is 12.1 Å². The molecule has 100 valence electrons. The first-order valence-corrected chi connectivity index (χ1v) is 5.60. The molecule has 0 heterocycles. The molecule has 2 rings (SSSR count). The van der Waals surface area contributed by atoms with Crippen LogP contribution in [0.2, 0.25) is 0 Å². The lowest BCUT2D eigenvalue weighted by Crippen LogP contribution is -2.05. The topological polar surface area (TPSA) is 46.2 Å². The molecule has 2 aromatic carbocycles. The molecule has 0 spiro atoms. The Morgan fingerprint density at radius 1 is 1.05 bits per heavy atom. The predicted octanol–water partition coefficient (Wildman–Crippen LogP) is 3.58. The van der Waals surface area contributed by atoms with E-state index in [1.807, 2.05) is 0 Å². The Hall–Kier alpha value is -2.17. The van der Waals surface area contributed by atoms with Crippen LogP contribution in [0.15, 0.2) is 42.5 Å². The summed E-state index contributed by atoms with van der Waals surface area (Å²) in [5, 5.41) is 9.36. The number of hydrogen-bond donors (Lipinski definition) is 2. The molecular weight excluding hydrogens is 255 g/mol. The maximum Gasteiger partial charge on any atom is 0.416 e. The van der Waals surface area contributed by atoms with Crippen molar-refractivity contribution >= 4 is 5.69 Å². The van der Waals surface area contributed by atoms with Crippen LogP contribution in [0.3, 0.4) is 0 Å². The number of nitrogens with two attached hydrogens (primary N) is 1. The van der Waals surface area contributed by atoms with E-state index in [0.29, 0.717) is 16.8 Å². The third-order valence-corrected chi connectivity index (χ3v) is 2.78. The molecule has 0 atom stereocenters. The van der Waals surface area contributed by atoms with Crippen molar-refractivity contribution < 1.29 is 18.3 Å². The van der Waals surface area contributed by atoms with Crippen molar-refractivity contribution in [1.82, 2.24) is 0 Å². The Balaban J connectivity index is 2.31. The lowest BCUT2D eigenvalue weighted by Gasteiger charge is -2.10. The number of anilines is 1. The Morgan fingerprint density at radius 2 is 1.79 bits per heavy atom. The van der Waals surface area contributed by atoms with Gasteiger partial charge in [-0.15, -0.1) is 0 Å². The SMILES string of the molecule is Nc1ccc(O)cc1Cc1cccc(C(F)(F)F)c1. The van der Waals surface area contributed by atoms with Gasteiger partial charge in [-0.25, -0.2) is 0 Å². The number of phenolic OH excluding ortho intramolecular Hbond substituents is 1. The van der Waals surface area contributed by atoms with E-state index < -0.39 is 11.7 Å². The van der Waals surface area contributed by atoms with Crippen molar-refractivity contribution in [2.24, 2.45) is 0 Å². The van der Waals surface area contributed by atoms with E-state index in [1.165, 1.54) is 24.3 Å². The number of alkyl halides is 3. The molecule has 2 aromatic rings. The summed E-state index contributed by atoms with van der Waals surface area (Å²) in [4.78, 5) is 0. The standard InChI is InChI=1S/C14H12F3NO/c15-14(16,17)11-3-1-2-9(7-11)6-10-8-12(19)4-5-13(10)18/h1-5,7-8,19H,6,18H2. The molecule has 19 heavy (non-hydrogen) atoms. The molecule has 0 amide bonds. The van der Waals surface area contributed by atoms with E-state index in [-0.39, 0.29) is 12.2 Å². The molecule has 0 unspecified atom stereocenters. The van der Waals surface area contributed by atoms with Crippen molar-refractivity contribution in [3.8, 4) is 5.75 Å². The van der Waals surface area contributed by atoms with E-state index in [4.69, 9.17) is 5.73 Å². The highest BCUT2D eigenvalue weighted by Crippen LogP contribution is 2.30. The van der Waals surface area contributed by atoms with Gasteiger partial charge in [0.2, 0.25) is 0 Å². The predicted molar refractivity (Wildman–Crippen MR) is 66.8 cm³/mol. The molecule has 0 aliphatic rings. The fourth-order valence-electron chi connectivity index (χ4n) is 1.82. The molecule has 5 heteroatoms. The molecule has 0 aromatic heterocycles. The van der Waals surface area contributed by atoms with Gasteiger partial charge >= 0.3 is 6.18 Å². The number of halogens is 3. The van der Waals surface area contributed by atoms with Gasteiger partial charge in [0.05, 0.1) is 5.56 Å². The van der Waals surface area contributed by atoms with Gasteiger partial charge < -0.3 is 10.8 Å². The van der Waals surface area contributed by atoms with Gasteiger partial charge in [0.25, 0.3) is 0 Å². The Bertz CT molecular complexity index is 593. The number of aromatic hydroxyl groups is 1. The van der Waals surface area contributed by atoms with E-state index in [9.17, 15) is 18.3 Å². The monoisotopic (exact) mass is 267 g/mol. The zero-order valence-corrected chi connectivity index (χ0v) is 9.91. The second-order valence-corrected chi connectivity index (χ2v) is 4.26. The zero-order chi connectivity index (χ0) is 14.0. The number of phenols is 1. The van der Waals surface area contributed by atoms with E-state index >= 15 is 0 Å². The third kappa shape index (κ3) is 3.19. The minimum Gasteiger partial charge on any atom is -0.508 e. The first kappa shape index (κ1) is 13.3. The number of nitrogen functional groups attached to an aromatic ring is 1. The summed E-state index contributed by atoms with van der Waals surface area (Å²) in [6.45, 7) is 0. The van der Waals surface area contributed by atoms with Crippen LogP contribution in [0, 0.1) is 0 Å². The highest BCUT2D eigenvalue weighted by atomic mass is 19.4. The number of benzene rings is 2. The highest BCUT2D eigenvalue weighted by molar-refractivity contribution is 5.52. The molecule has 3 N–H and O–H groups in total. The Morgan fingerprint density at radius 3 is 2.47 bits per heavy atom. The molecule has 0 aliphatic heterocycles. The summed E-state index contributed by atoms with van der Waals surface area (Å²) in [6, 6.07) is 9.48. The van der Waals surface area contributed by atoms with Gasteiger partial charge in [-0.2, -0.15) is 13.2 Å². The average molecular weight is 267 g/mol. The lowest BCUT2D eigenvalue weighted by atomic mass is 10.0. The summed E-state index contributed by atoms with van der Waals surface area (Å²) in [5.41, 5.74) is 6.57. The first-order chi connectivity index (χ1) is 8.86. The smallest absolute Gasteiger partial charge is 0.416 e. The fraction of sp³-hybridized carbons (Fsp3) is 0.143. The second-order valence-electron chi connectivity index (χ2n) is 4.26. The average Bonchev–Trinajstić information content (AvgIpc) is 2.33. The van der Waals surface area contributed by atoms with Crippen LogP contribution in [0.4, 0.5) is 18.9 Å². The van der Waals surface area contributed by atoms with Gasteiger partial charge in [0.1, 0.15) is 5.75 Å². The van der Waals surface area contributed by atoms with E-state index in [2.05, 4.69) is 0 Å². The maximum absolute atomic E-state index is 12.6. The summed E-state index contributed by atoms with van der Waals surface area (Å²) < 4.78 is 37.8. The lowest BCUT2D eigenvalue weighted by molar-refractivity contribution is -0.137. The normalized spacial score (nSPS) is 11.5.